The molecule has 3 heterocycles. The van der Waals surface area contributed by atoms with Crippen LogP contribution in [0.3, 0.4) is 0 Å². The molecule has 12 nitrogen and oxygen atoms in total. The highest BCUT2D eigenvalue weighted by Gasteiger charge is 2.20. The van der Waals surface area contributed by atoms with Crippen molar-refractivity contribution in [2.75, 3.05) is 51.4 Å². The van der Waals surface area contributed by atoms with Crippen LogP contribution in [0.25, 0.3) is 11.0 Å². The molecule has 3 aromatic rings. The van der Waals surface area contributed by atoms with Crippen LogP contribution in [-0.4, -0.2) is 93.6 Å². The maximum Gasteiger partial charge on any atom is 0.246 e. The van der Waals surface area contributed by atoms with Crippen molar-refractivity contribution in [1.82, 2.24) is 40.3 Å². The minimum Gasteiger partial charge on any atom is -0.369 e. The number of hydrogen-bond donors (Lipinski definition) is 4. The van der Waals surface area contributed by atoms with Crippen molar-refractivity contribution in [3.8, 4) is 11.8 Å². The van der Waals surface area contributed by atoms with Crippen LogP contribution in [0.1, 0.15) is 44.4 Å². The zero-order valence-electron chi connectivity index (χ0n) is 24.7. The molecule has 41 heavy (non-hydrogen) atoms. The Kier molecular flexibility index (Phi) is 11.6. The topological polar surface area (TPSA) is 144 Å². The van der Waals surface area contributed by atoms with Crippen molar-refractivity contribution in [1.29, 1.82) is 0 Å². The molecule has 0 saturated heterocycles. The standard InChI is InChI=1S/C29H40N10O2/c1-7-14-30-26-22(18-33-29(35-26)34-23-17-24-20(2)36-37-27(24)32-19-23)12-9-8-10-15-31-28(41)21(3)39(6)25(40)13-11-16-38(4)5/h11,13,17-19,21H,7-8,10,14-16H2,1-6H3,(H,31,41)(H,32,36,37)(H2,30,33,34,35)/b13-11+. The average molecular weight is 561 g/mol. The first-order valence-electron chi connectivity index (χ1n) is 13.7. The second kappa shape index (κ2) is 15.3. The lowest BCUT2D eigenvalue weighted by Gasteiger charge is -2.23. The molecule has 0 saturated carbocycles. The molecular formula is C29H40N10O2. The highest BCUT2D eigenvalue weighted by Crippen LogP contribution is 2.21. The number of nitrogens with one attached hydrogen (secondary N) is 4. The second-order valence-electron chi connectivity index (χ2n) is 9.94. The molecule has 0 aromatic carbocycles. The third-order valence-corrected chi connectivity index (χ3v) is 6.23. The Balaban J connectivity index is 1.52. The lowest BCUT2D eigenvalue weighted by atomic mass is 10.2. The van der Waals surface area contributed by atoms with Gasteiger partial charge in [0, 0.05) is 50.3 Å². The van der Waals surface area contributed by atoms with Crippen molar-refractivity contribution in [2.45, 2.75) is 46.1 Å². The molecule has 0 radical (unpaired) electrons. The van der Waals surface area contributed by atoms with Crippen LogP contribution in [0.4, 0.5) is 17.5 Å². The number of fused-ring (bicyclic) bond motifs is 1. The van der Waals surface area contributed by atoms with E-state index in [1.807, 2.05) is 32.0 Å². The number of H-pyrrole nitrogens is 1. The first kappa shape index (κ1) is 31.0. The van der Waals surface area contributed by atoms with E-state index in [1.165, 1.54) is 11.0 Å². The third-order valence-electron chi connectivity index (χ3n) is 6.23. The van der Waals surface area contributed by atoms with Gasteiger partial charge in [0.05, 0.1) is 23.6 Å². The van der Waals surface area contributed by atoms with Crippen molar-refractivity contribution in [2.24, 2.45) is 0 Å². The maximum atomic E-state index is 12.5. The van der Waals surface area contributed by atoms with Gasteiger partial charge in [-0.25, -0.2) is 9.97 Å². The Morgan fingerprint density at radius 2 is 1.98 bits per heavy atom. The van der Waals surface area contributed by atoms with Gasteiger partial charge in [0.25, 0.3) is 0 Å². The van der Waals surface area contributed by atoms with Gasteiger partial charge in [-0.1, -0.05) is 24.8 Å². The number of amides is 2. The van der Waals surface area contributed by atoms with Crippen LogP contribution in [0.15, 0.2) is 30.6 Å². The van der Waals surface area contributed by atoms with Gasteiger partial charge in [0.1, 0.15) is 11.9 Å². The molecule has 1 unspecified atom stereocenters. The minimum absolute atomic E-state index is 0.199. The van der Waals surface area contributed by atoms with Crippen molar-refractivity contribution >= 4 is 40.3 Å². The Morgan fingerprint density at radius 1 is 1.17 bits per heavy atom. The molecule has 0 aliphatic heterocycles. The predicted molar refractivity (Wildman–Crippen MR) is 162 cm³/mol. The SMILES string of the molecule is CCCNc1nc(Nc2cnc3n[nH]c(C)c3c2)ncc1C#CCCCNC(=O)C(C)N(C)C(=O)/C=C/CN(C)C. The van der Waals surface area contributed by atoms with Gasteiger partial charge in [0.2, 0.25) is 17.8 Å². The Bertz CT molecular complexity index is 1420. The number of unbranched alkanes of at least 4 members (excludes halogenated alkanes) is 1. The highest BCUT2D eigenvalue weighted by molar-refractivity contribution is 5.92. The monoisotopic (exact) mass is 560 g/mol. The Morgan fingerprint density at radius 3 is 2.73 bits per heavy atom. The first-order chi connectivity index (χ1) is 19.7. The smallest absolute Gasteiger partial charge is 0.246 e. The molecule has 0 fully saturated rings. The van der Waals surface area contributed by atoms with Crippen LogP contribution in [-0.2, 0) is 9.59 Å². The van der Waals surface area contributed by atoms with E-state index in [4.69, 9.17) is 0 Å². The molecule has 0 spiro atoms. The third kappa shape index (κ3) is 9.29. The summed E-state index contributed by atoms with van der Waals surface area (Å²) in [6.45, 7) is 7.61. The molecule has 3 rings (SSSR count). The number of carbonyl (C=O) groups excluding carboxylic acids is 2. The minimum atomic E-state index is -0.574. The largest absolute Gasteiger partial charge is 0.369 e. The fraction of sp³-hybridized carbons (Fsp3) is 0.448. The summed E-state index contributed by atoms with van der Waals surface area (Å²) in [4.78, 5) is 41.6. The predicted octanol–water partition coefficient (Wildman–Crippen LogP) is 2.83. The van der Waals surface area contributed by atoms with Crippen LogP contribution < -0.4 is 16.0 Å². The van der Waals surface area contributed by atoms with E-state index in [0.717, 1.165) is 29.7 Å². The van der Waals surface area contributed by atoms with Gasteiger partial charge < -0.3 is 25.8 Å². The van der Waals surface area contributed by atoms with E-state index >= 15 is 0 Å². The summed E-state index contributed by atoms with van der Waals surface area (Å²) in [5.41, 5.74) is 3.05. The summed E-state index contributed by atoms with van der Waals surface area (Å²) in [5.74, 6) is 6.98. The second-order valence-corrected chi connectivity index (χ2v) is 9.94. The summed E-state index contributed by atoms with van der Waals surface area (Å²) in [5, 5.41) is 17.4. The fourth-order valence-corrected chi connectivity index (χ4v) is 3.67. The van der Waals surface area contributed by atoms with E-state index in [0.29, 0.717) is 48.9 Å². The van der Waals surface area contributed by atoms with Gasteiger partial charge in [0.15, 0.2) is 5.65 Å². The molecule has 2 amide bonds. The number of nitrogens with zero attached hydrogens (tertiary/aromatic N) is 6. The number of carbonyl (C=O) groups is 2. The quantitative estimate of drug-likeness (QED) is 0.141. The molecule has 12 heteroatoms. The summed E-state index contributed by atoms with van der Waals surface area (Å²) in [6.07, 6.45) is 8.85. The summed E-state index contributed by atoms with van der Waals surface area (Å²) < 4.78 is 0. The molecule has 218 valence electrons. The van der Waals surface area contributed by atoms with E-state index in [1.54, 1.807) is 32.4 Å². The normalized spacial score (nSPS) is 11.8. The molecule has 4 N–H and O–H groups in total. The maximum absolute atomic E-state index is 12.5. The van der Waals surface area contributed by atoms with Gasteiger partial charge in [-0.15, -0.1) is 0 Å². The molecule has 0 bridgehead atoms. The van der Waals surface area contributed by atoms with E-state index in [2.05, 4.69) is 59.9 Å². The first-order valence-corrected chi connectivity index (χ1v) is 13.7. The van der Waals surface area contributed by atoms with Crippen molar-refractivity contribution < 1.29 is 9.59 Å². The number of anilines is 3. The molecule has 0 aliphatic carbocycles. The van der Waals surface area contributed by atoms with Gasteiger partial charge in [-0.05, 0) is 46.9 Å². The van der Waals surface area contributed by atoms with Crippen LogP contribution in [0.2, 0.25) is 0 Å². The molecule has 0 aliphatic rings. The van der Waals surface area contributed by atoms with Crippen molar-refractivity contribution in [3.05, 3.63) is 41.9 Å². The number of pyridine rings is 1. The average Bonchev–Trinajstić information content (AvgIpc) is 3.32. The lowest BCUT2D eigenvalue weighted by molar-refractivity contribution is -0.135. The Labute approximate surface area is 241 Å². The van der Waals surface area contributed by atoms with Gasteiger partial charge >= 0.3 is 0 Å². The number of aromatic amines is 1. The number of aryl methyl sites for hydroxylation is 1. The zero-order chi connectivity index (χ0) is 29.8. The lowest BCUT2D eigenvalue weighted by Crippen LogP contribution is -2.45. The van der Waals surface area contributed by atoms with Crippen molar-refractivity contribution in [3.63, 3.8) is 0 Å². The number of likely N-dealkylation sites (N-methyl/N-ethyl adjacent to an activating group) is 2. The molecule has 1 atom stereocenters. The molecular weight excluding hydrogens is 520 g/mol. The van der Waals surface area contributed by atoms with E-state index in [9.17, 15) is 9.59 Å². The summed E-state index contributed by atoms with van der Waals surface area (Å²) in [6, 6.07) is 1.38. The zero-order valence-corrected chi connectivity index (χ0v) is 24.7. The number of hydrogen-bond acceptors (Lipinski definition) is 9. The number of rotatable bonds is 13. The van der Waals surface area contributed by atoms with Gasteiger partial charge in [-0.3, -0.25) is 14.7 Å². The summed E-state index contributed by atoms with van der Waals surface area (Å²) in [7, 11) is 5.47. The van der Waals surface area contributed by atoms with E-state index < -0.39 is 6.04 Å². The molecule has 3 aromatic heterocycles. The van der Waals surface area contributed by atoms with Gasteiger partial charge in [-0.2, -0.15) is 10.1 Å². The van der Waals surface area contributed by atoms with Crippen LogP contribution in [0.5, 0.6) is 0 Å². The van der Waals surface area contributed by atoms with Crippen LogP contribution in [0, 0.1) is 18.8 Å². The fourth-order valence-electron chi connectivity index (χ4n) is 3.67. The Hall–Kier alpha value is -4.50. The highest BCUT2D eigenvalue weighted by atomic mass is 16.2. The number of aromatic nitrogens is 5. The summed E-state index contributed by atoms with van der Waals surface area (Å²) >= 11 is 0. The van der Waals surface area contributed by atoms with Crippen LogP contribution >= 0.6 is 0 Å². The van der Waals surface area contributed by atoms with E-state index in [-0.39, 0.29) is 11.8 Å².